The van der Waals surface area contributed by atoms with Gasteiger partial charge in [0, 0.05) is 38.7 Å². The van der Waals surface area contributed by atoms with Crippen LogP contribution >= 0.6 is 0 Å². The molecule has 0 fully saturated rings. The van der Waals surface area contributed by atoms with Gasteiger partial charge in [-0.1, -0.05) is 29.5 Å². The van der Waals surface area contributed by atoms with Crippen LogP contribution in [0.15, 0.2) is 42.5 Å². The Labute approximate surface area is 234 Å². The fraction of sp³-hybridized carbons (Fsp3) is 0.419. The molecule has 2 atom stereocenters. The maximum atomic E-state index is 13.2. The quantitative estimate of drug-likeness (QED) is 0.346. The molecule has 0 amide bonds. The highest BCUT2D eigenvalue weighted by atomic mass is 16.5. The van der Waals surface area contributed by atoms with Gasteiger partial charge in [-0.05, 0) is 74.6 Å². The predicted molar refractivity (Wildman–Crippen MR) is 152 cm³/mol. The van der Waals surface area contributed by atoms with Crippen LogP contribution in [0.5, 0.6) is 11.6 Å². The maximum Gasteiger partial charge on any atom is 0.312 e. The molecule has 1 N–H and O–H groups in total. The van der Waals surface area contributed by atoms with Crippen LogP contribution in [0.1, 0.15) is 60.2 Å². The van der Waals surface area contributed by atoms with Crippen molar-refractivity contribution in [1.29, 1.82) is 0 Å². The van der Waals surface area contributed by atoms with E-state index < -0.39 is 5.41 Å². The van der Waals surface area contributed by atoms with Crippen molar-refractivity contribution < 1.29 is 19.4 Å². The smallest absolute Gasteiger partial charge is 0.312 e. The first kappa shape index (κ1) is 27.6. The van der Waals surface area contributed by atoms with E-state index in [2.05, 4.69) is 51.4 Å². The van der Waals surface area contributed by atoms with Gasteiger partial charge >= 0.3 is 5.97 Å². The molecule has 0 spiro atoms. The number of esters is 1. The number of fused-ring (bicyclic) bond motifs is 2. The number of aromatic nitrogens is 4. The lowest BCUT2D eigenvalue weighted by Gasteiger charge is -2.34. The summed E-state index contributed by atoms with van der Waals surface area (Å²) in [6, 6.07) is 13.9. The van der Waals surface area contributed by atoms with E-state index in [-0.39, 0.29) is 23.9 Å². The Morgan fingerprint density at radius 3 is 2.73 bits per heavy atom. The molecule has 5 rings (SSSR count). The molecule has 0 unspecified atom stereocenters. The van der Waals surface area contributed by atoms with E-state index in [1.807, 2.05) is 40.8 Å². The Morgan fingerprint density at radius 1 is 1.20 bits per heavy atom. The lowest BCUT2D eigenvalue weighted by Crippen LogP contribution is -2.34. The predicted octanol–water partition coefficient (Wildman–Crippen LogP) is 4.80. The summed E-state index contributed by atoms with van der Waals surface area (Å²) in [4.78, 5) is 19.8. The van der Waals surface area contributed by atoms with Crippen molar-refractivity contribution in [2.75, 3.05) is 13.7 Å². The van der Waals surface area contributed by atoms with E-state index in [9.17, 15) is 9.90 Å². The number of carbonyl (C=O) groups is 1. The lowest BCUT2D eigenvalue weighted by atomic mass is 9.69. The summed E-state index contributed by atoms with van der Waals surface area (Å²) in [5.41, 5.74) is 6.97. The number of carbonyl (C=O) groups excluding carboxylic acids is 1. The Bertz CT molecular complexity index is 1580. The van der Waals surface area contributed by atoms with Crippen LogP contribution in [0, 0.1) is 19.3 Å². The summed E-state index contributed by atoms with van der Waals surface area (Å²) >= 11 is 0. The van der Waals surface area contributed by atoms with Crippen molar-refractivity contribution in [3.05, 3.63) is 76.0 Å². The van der Waals surface area contributed by atoms with Crippen molar-refractivity contribution in [2.24, 2.45) is 12.5 Å². The van der Waals surface area contributed by atoms with Gasteiger partial charge in [0.2, 0.25) is 5.88 Å². The summed E-state index contributed by atoms with van der Waals surface area (Å²) < 4.78 is 13.1. The van der Waals surface area contributed by atoms with Crippen molar-refractivity contribution in [2.45, 2.75) is 59.7 Å². The van der Waals surface area contributed by atoms with Crippen LogP contribution in [0.25, 0.3) is 11.0 Å². The lowest BCUT2D eigenvalue weighted by molar-refractivity contribution is -0.151. The molecule has 1 aliphatic heterocycles. The first-order valence-electron chi connectivity index (χ1n) is 13.5. The number of hydrogen-bond acceptors (Lipinski definition) is 8. The molecular formula is C31H37N5O4. The van der Waals surface area contributed by atoms with Crippen LogP contribution in [0.3, 0.4) is 0 Å². The number of aromatic hydroxyl groups is 1. The Balaban J connectivity index is 1.57. The van der Waals surface area contributed by atoms with Crippen LogP contribution in [0.2, 0.25) is 0 Å². The summed E-state index contributed by atoms with van der Waals surface area (Å²) in [6.45, 7) is 12.0. The normalized spacial score (nSPS) is 16.7. The molecule has 0 bridgehead atoms. The van der Waals surface area contributed by atoms with E-state index in [1.54, 1.807) is 16.8 Å². The Morgan fingerprint density at radius 2 is 1.98 bits per heavy atom. The second-order valence-corrected chi connectivity index (χ2v) is 11.4. The van der Waals surface area contributed by atoms with Gasteiger partial charge in [0.05, 0.1) is 18.0 Å². The second kappa shape index (κ2) is 10.5. The van der Waals surface area contributed by atoms with Gasteiger partial charge in [0.1, 0.15) is 23.1 Å². The van der Waals surface area contributed by atoms with E-state index in [0.29, 0.717) is 25.4 Å². The molecule has 0 saturated carbocycles. The molecule has 210 valence electrons. The Kier molecular flexibility index (Phi) is 7.27. The molecule has 0 aliphatic carbocycles. The summed E-state index contributed by atoms with van der Waals surface area (Å²) in [5, 5.41) is 18.6. The van der Waals surface area contributed by atoms with E-state index in [4.69, 9.17) is 9.47 Å². The minimum absolute atomic E-state index is 0.0154. The zero-order chi connectivity index (χ0) is 28.8. The summed E-state index contributed by atoms with van der Waals surface area (Å²) in [7, 11) is 3.31. The van der Waals surface area contributed by atoms with Crippen molar-refractivity contribution in [3.8, 4) is 11.6 Å². The van der Waals surface area contributed by atoms with Crippen LogP contribution in [-0.4, -0.2) is 55.7 Å². The summed E-state index contributed by atoms with van der Waals surface area (Å²) in [6.07, 6.45) is -0.0385. The molecule has 0 saturated heterocycles. The van der Waals surface area contributed by atoms with E-state index >= 15 is 0 Å². The number of pyridine rings is 1. The van der Waals surface area contributed by atoms with Crippen LogP contribution in [-0.2, 0) is 29.7 Å². The number of aryl methyl sites for hydroxylation is 3. The molecular weight excluding hydrogens is 506 g/mol. The van der Waals surface area contributed by atoms with Crippen molar-refractivity contribution in [3.63, 3.8) is 0 Å². The van der Waals surface area contributed by atoms with Crippen LogP contribution in [0.4, 0.5) is 0 Å². The van der Waals surface area contributed by atoms with Gasteiger partial charge in [-0.25, -0.2) is 9.67 Å². The monoisotopic (exact) mass is 543 g/mol. The van der Waals surface area contributed by atoms with Crippen LogP contribution < -0.4 is 4.74 Å². The molecule has 3 heterocycles. The number of hydrogen-bond donors (Lipinski definition) is 1. The summed E-state index contributed by atoms with van der Waals surface area (Å²) in [5.74, 6) is 0.127. The highest BCUT2D eigenvalue weighted by Crippen LogP contribution is 2.44. The molecule has 1 aliphatic rings. The third-order valence-electron chi connectivity index (χ3n) is 8.06. The molecule has 2 aromatic heterocycles. The van der Waals surface area contributed by atoms with Gasteiger partial charge in [0.25, 0.3) is 0 Å². The average molecular weight is 544 g/mol. The molecule has 9 heteroatoms. The number of benzene rings is 2. The molecule has 4 aromatic rings. The molecule has 2 aromatic carbocycles. The van der Waals surface area contributed by atoms with Crippen molar-refractivity contribution >= 4 is 17.0 Å². The third kappa shape index (κ3) is 5.01. The molecule has 40 heavy (non-hydrogen) atoms. The standard InChI is InChI=1S/C31H37N5O4/c1-18-8-9-21(14-22(18)16-36-15-19(2)40-26-12-13-27(37)32-24(26)17-36)28(31(4,5)30(38)39-7)23-10-11-25-29(20(23)3)33-34-35(25)6/h8-14,19,28H,15-17H2,1-7H3,(H,32,37)/t19-,28-/m0/s1. The minimum Gasteiger partial charge on any atom is -0.493 e. The fourth-order valence-electron chi connectivity index (χ4n) is 5.92. The number of ether oxygens (including phenoxy) is 2. The van der Waals surface area contributed by atoms with Crippen molar-refractivity contribution in [1.82, 2.24) is 24.9 Å². The van der Waals surface area contributed by atoms with Gasteiger partial charge in [0.15, 0.2) is 0 Å². The highest BCUT2D eigenvalue weighted by Gasteiger charge is 2.41. The topological polar surface area (TPSA) is 103 Å². The van der Waals surface area contributed by atoms with Gasteiger partial charge < -0.3 is 14.6 Å². The number of nitrogens with zero attached hydrogens (tertiary/aromatic N) is 5. The van der Waals surface area contributed by atoms with E-state index in [1.165, 1.54) is 7.11 Å². The molecule has 9 nitrogen and oxygen atoms in total. The Hall–Kier alpha value is -3.98. The molecule has 0 radical (unpaired) electrons. The highest BCUT2D eigenvalue weighted by molar-refractivity contribution is 5.82. The van der Waals surface area contributed by atoms with Gasteiger partial charge in [-0.3, -0.25) is 9.69 Å². The second-order valence-electron chi connectivity index (χ2n) is 11.4. The third-order valence-corrected chi connectivity index (χ3v) is 8.06. The average Bonchev–Trinajstić information content (AvgIpc) is 3.21. The largest absolute Gasteiger partial charge is 0.493 e. The first-order valence-corrected chi connectivity index (χ1v) is 13.5. The SMILES string of the molecule is COC(=O)C(C)(C)[C@@H](c1ccc(C)c(CN2Cc3nc(O)ccc3O[C@@H](C)C2)c1)c1ccc2c(nnn2C)c1C. The van der Waals surface area contributed by atoms with Gasteiger partial charge in [-0.2, -0.15) is 0 Å². The van der Waals surface area contributed by atoms with Gasteiger partial charge in [-0.15, -0.1) is 5.10 Å². The van der Waals surface area contributed by atoms with E-state index in [0.717, 1.165) is 44.5 Å². The number of rotatable bonds is 6. The minimum atomic E-state index is -0.854. The first-order chi connectivity index (χ1) is 19.0. The fourth-order valence-corrected chi connectivity index (χ4v) is 5.92. The number of methoxy groups -OCH3 is 1. The maximum absolute atomic E-state index is 13.2. The zero-order valence-corrected chi connectivity index (χ0v) is 24.2. The zero-order valence-electron chi connectivity index (χ0n) is 24.2.